The molecule has 0 bridgehead atoms. The first-order valence-corrected chi connectivity index (χ1v) is 7.13. The SMILES string of the molecule is CCOCCN(CCOCC)C(=O)c1cc(Cl)ccn1. The predicted octanol–water partition coefficient (Wildman–Crippen LogP) is 2.25. The third-order valence-electron chi connectivity index (χ3n) is 2.65. The van der Waals surface area contributed by atoms with Crippen LogP contribution in [-0.2, 0) is 9.47 Å². The van der Waals surface area contributed by atoms with Gasteiger partial charge in [-0.15, -0.1) is 0 Å². The molecule has 0 saturated carbocycles. The molecule has 1 rings (SSSR count). The number of hydrogen-bond donors (Lipinski definition) is 0. The lowest BCUT2D eigenvalue weighted by Crippen LogP contribution is -2.37. The van der Waals surface area contributed by atoms with Crippen molar-refractivity contribution in [1.29, 1.82) is 0 Å². The minimum absolute atomic E-state index is 0.160. The third kappa shape index (κ3) is 5.86. The number of carbonyl (C=O) groups excluding carboxylic acids is 1. The van der Waals surface area contributed by atoms with Crippen molar-refractivity contribution in [3.8, 4) is 0 Å². The van der Waals surface area contributed by atoms with Gasteiger partial charge in [0.1, 0.15) is 5.69 Å². The van der Waals surface area contributed by atoms with E-state index in [1.165, 1.54) is 6.20 Å². The Hall–Kier alpha value is -1.17. The van der Waals surface area contributed by atoms with Crippen LogP contribution in [0.5, 0.6) is 0 Å². The van der Waals surface area contributed by atoms with E-state index in [4.69, 9.17) is 21.1 Å². The molecule has 0 N–H and O–H groups in total. The van der Waals surface area contributed by atoms with E-state index in [-0.39, 0.29) is 5.91 Å². The summed E-state index contributed by atoms with van der Waals surface area (Å²) in [7, 11) is 0. The summed E-state index contributed by atoms with van der Waals surface area (Å²) in [6.07, 6.45) is 1.53. The first-order valence-electron chi connectivity index (χ1n) is 6.75. The van der Waals surface area contributed by atoms with Crippen LogP contribution in [0.15, 0.2) is 18.3 Å². The molecule has 5 nitrogen and oxygen atoms in total. The highest BCUT2D eigenvalue weighted by Gasteiger charge is 2.17. The second-order valence-corrected chi connectivity index (χ2v) is 4.48. The summed E-state index contributed by atoms with van der Waals surface area (Å²) in [4.78, 5) is 18.1. The molecule has 0 radical (unpaired) electrons. The number of rotatable bonds is 9. The van der Waals surface area contributed by atoms with E-state index >= 15 is 0 Å². The number of hydrogen-bond acceptors (Lipinski definition) is 4. The first kappa shape index (κ1) is 16.9. The van der Waals surface area contributed by atoms with Crippen molar-refractivity contribution in [3.05, 3.63) is 29.0 Å². The average molecular weight is 301 g/mol. The second kappa shape index (κ2) is 9.69. The predicted molar refractivity (Wildman–Crippen MR) is 78.1 cm³/mol. The van der Waals surface area contributed by atoms with Crippen LogP contribution >= 0.6 is 11.6 Å². The van der Waals surface area contributed by atoms with Gasteiger partial charge in [0.2, 0.25) is 0 Å². The Labute approximate surface area is 124 Å². The van der Waals surface area contributed by atoms with Crippen LogP contribution in [0.25, 0.3) is 0 Å². The number of ether oxygens (including phenoxy) is 2. The fourth-order valence-corrected chi connectivity index (χ4v) is 1.80. The highest BCUT2D eigenvalue weighted by molar-refractivity contribution is 6.30. The molecule has 0 aliphatic heterocycles. The number of pyridine rings is 1. The van der Waals surface area contributed by atoms with E-state index in [2.05, 4.69) is 4.98 Å². The number of nitrogens with zero attached hydrogens (tertiary/aromatic N) is 2. The second-order valence-electron chi connectivity index (χ2n) is 4.05. The van der Waals surface area contributed by atoms with Gasteiger partial charge in [-0.1, -0.05) is 11.6 Å². The summed E-state index contributed by atoms with van der Waals surface area (Å²) >= 11 is 5.89. The number of carbonyl (C=O) groups is 1. The Kier molecular flexibility index (Phi) is 8.18. The van der Waals surface area contributed by atoms with Crippen molar-refractivity contribution in [2.24, 2.45) is 0 Å². The molecule has 1 heterocycles. The zero-order chi connectivity index (χ0) is 14.8. The lowest BCUT2D eigenvalue weighted by Gasteiger charge is -2.22. The van der Waals surface area contributed by atoms with Gasteiger partial charge in [0, 0.05) is 37.5 Å². The molecule has 20 heavy (non-hydrogen) atoms. The maximum absolute atomic E-state index is 12.4. The molecular weight excluding hydrogens is 280 g/mol. The standard InChI is InChI=1S/C14H21ClN2O3/c1-3-19-9-7-17(8-10-20-4-2)14(18)13-11-12(15)5-6-16-13/h5-6,11H,3-4,7-10H2,1-2H3. The van der Waals surface area contributed by atoms with E-state index < -0.39 is 0 Å². The molecule has 0 saturated heterocycles. The third-order valence-corrected chi connectivity index (χ3v) is 2.88. The van der Waals surface area contributed by atoms with Crippen LogP contribution in [-0.4, -0.2) is 55.3 Å². The molecule has 1 aromatic rings. The van der Waals surface area contributed by atoms with Crippen molar-refractivity contribution >= 4 is 17.5 Å². The molecule has 0 unspecified atom stereocenters. The first-order chi connectivity index (χ1) is 9.69. The van der Waals surface area contributed by atoms with E-state index in [0.29, 0.717) is 50.2 Å². The smallest absolute Gasteiger partial charge is 0.272 e. The zero-order valence-corrected chi connectivity index (χ0v) is 12.7. The van der Waals surface area contributed by atoms with E-state index in [9.17, 15) is 4.79 Å². The molecule has 6 heteroatoms. The van der Waals surface area contributed by atoms with Crippen LogP contribution in [0.1, 0.15) is 24.3 Å². The van der Waals surface area contributed by atoms with Crippen molar-refractivity contribution in [1.82, 2.24) is 9.88 Å². The lowest BCUT2D eigenvalue weighted by molar-refractivity contribution is 0.0545. The van der Waals surface area contributed by atoms with Crippen LogP contribution < -0.4 is 0 Å². The molecule has 112 valence electrons. The molecule has 0 fully saturated rings. The van der Waals surface area contributed by atoms with Crippen molar-refractivity contribution in [3.63, 3.8) is 0 Å². The molecule has 0 aliphatic rings. The highest BCUT2D eigenvalue weighted by atomic mass is 35.5. The van der Waals surface area contributed by atoms with E-state index in [0.717, 1.165) is 0 Å². The fraction of sp³-hybridized carbons (Fsp3) is 0.571. The Morgan fingerprint density at radius 2 is 1.85 bits per heavy atom. The molecule has 0 atom stereocenters. The van der Waals surface area contributed by atoms with Crippen molar-refractivity contribution in [2.75, 3.05) is 39.5 Å². The van der Waals surface area contributed by atoms with Gasteiger partial charge in [-0.3, -0.25) is 9.78 Å². The van der Waals surface area contributed by atoms with Gasteiger partial charge in [0.15, 0.2) is 0 Å². The number of aromatic nitrogens is 1. The summed E-state index contributed by atoms with van der Waals surface area (Å²) in [5.74, 6) is -0.160. The maximum Gasteiger partial charge on any atom is 0.272 e. The molecule has 1 aromatic heterocycles. The monoisotopic (exact) mass is 300 g/mol. The van der Waals surface area contributed by atoms with Crippen LogP contribution in [0, 0.1) is 0 Å². The average Bonchev–Trinajstić information content (AvgIpc) is 2.45. The van der Waals surface area contributed by atoms with Crippen LogP contribution in [0.3, 0.4) is 0 Å². The summed E-state index contributed by atoms with van der Waals surface area (Å²) in [5, 5.41) is 0.498. The van der Waals surface area contributed by atoms with Crippen molar-refractivity contribution in [2.45, 2.75) is 13.8 Å². The van der Waals surface area contributed by atoms with Crippen molar-refractivity contribution < 1.29 is 14.3 Å². The van der Waals surface area contributed by atoms with Gasteiger partial charge < -0.3 is 14.4 Å². The largest absolute Gasteiger partial charge is 0.380 e. The van der Waals surface area contributed by atoms with Crippen LogP contribution in [0.2, 0.25) is 5.02 Å². The quantitative estimate of drug-likeness (QED) is 0.656. The summed E-state index contributed by atoms with van der Waals surface area (Å²) < 4.78 is 10.6. The van der Waals surface area contributed by atoms with Gasteiger partial charge >= 0.3 is 0 Å². The fourth-order valence-electron chi connectivity index (χ4n) is 1.64. The van der Waals surface area contributed by atoms with Gasteiger partial charge in [-0.05, 0) is 26.0 Å². The summed E-state index contributed by atoms with van der Waals surface area (Å²) in [6, 6.07) is 3.21. The number of halogens is 1. The molecule has 0 aliphatic carbocycles. The lowest BCUT2D eigenvalue weighted by atomic mass is 10.3. The Morgan fingerprint density at radius 3 is 2.35 bits per heavy atom. The van der Waals surface area contributed by atoms with Gasteiger partial charge in [-0.2, -0.15) is 0 Å². The Morgan fingerprint density at radius 1 is 1.25 bits per heavy atom. The molecule has 0 spiro atoms. The summed E-state index contributed by atoms with van der Waals surface area (Å²) in [5.41, 5.74) is 0.338. The minimum Gasteiger partial charge on any atom is -0.380 e. The minimum atomic E-state index is -0.160. The Bertz CT molecular complexity index is 405. The molecular formula is C14H21ClN2O3. The van der Waals surface area contributed by atoms with E-state index in [1.807, 2.05) is 13.8 Å². The van der Waals surface area contributed by atoms with Gasteiger partial charge in [0.25, 0.3) is 5.91 Å². The molecule has 0 aromatic carbocycles. The number of amides is 1. The molecule has 1 amide bonds. The van der Waals surface area contributed by atoms with Gasteiger partial charge in [0.05, 0.1) is 13.2 Å². The Balaban J connectivity index is 2.66. The van der Waals surface area contributed by atoms with Gasteiger partial charge in [-0.25, -0.2) is 0 Å². The summed E-state index contributed by atoms with van der Waals surface area (Å²) in [6.45, 7) is 7.10. The maximum atomic E-state index is 12.4. The van der Waals surface area contributed by atoms with E-state index in [1.54, 1.807) is 17.0 Å². The normalized spacial score (nSPS) is 10.6. The van der Waals surface area contributed by atoms with Crippen LogP contribution in [0.4, 0.5) is 0 Å². The zero-order valence-electron chi connectivity index (χ0n) is 12.0. The topological polar surface area (TPSA) is 51.7 Å². The highest BCUT2D eigenvalue weighted by Crippen LogP contribution is 2.10.